The van der Waals surface area contributed by atoms with E-state index < -0.39 is 23.9 Å². The molecule has 0 aliphatic heterocycles. The van der Waals surface area contributed by atoms with Gasteiger partial charge in [0.25, 0.3) is 0 Å². The van der Waals surface area contributed by atoms with Gasteiger partial charge in [0, 0.05) is 11.6 Å². The van der Waals surface area contributed by atoms with Crippen LogP contribution in [-0.4, -0.2) is 17.2 Å². The fraction of sp³-hybridized carbons (Fsp3) is 0.500. The number of carbonyl (C=O) groups excluding carboxylic acids is 1. The molecule has 1 amide bonds. The quantitative estimate of drug-likeness (QED) is 0.815. The van der Waals surface area contributed by atoms with E-state index in [2.05, 4.69) is 5.32 Å². The molecule has 2 atom stereocenters. The van der Waals surface area contributed by atoms with Gasteiger partial charge in [-0.1, -0.05) is 12.8 Å². The predicted octanol–water partition coefficient (Wildman–Crippen LogP) is 3.70. The number of nitrogens with one attached hydrogen (secondary N) is 1. The van der Waals surface area contributed by atoms with Crippen molar-refractivity contribution in [1.29, 1.82) is 0 Å². The molecule has 20 heavy (non-hydrogen) atoms. The first-order valence-corrected chi connectivity index (χ1v) is 6.54. The number of phenolic OH excluding ortho intramolecular Hbond substituents is 1. The van der Waals surface area contributed by atoms with E-state index in [1.807, 2.05) is 0 Å². The first-order valence-electron chi connectivity index (χ1n) is 6.54. The molecule has 0 aromatic heterocycles. The molecule has 2 N–H and O–H groups in total. The second-order valence-corrected chi connectivity index (χ2v) is 5.08. The van der Waals surface area contributed by atoms with Gasteiger partial charge in [0.05, 0.1) is 5.92 Å². The molecule has 1 aromatic rings. The zero-order valence-corrected chi connectivity index (χ0v) is 10.8. The number of carbonyl (C=O) groups is 1. The average molecular weight is 287 g/mol. The van der Waals surface area contributed by atoms with Crippen molar-refractivity contribution >= 4 is 11.6 Å². The van der Waals surface area contributed by atoms with Crippen molar-refractivity contribution < 1.29 is 23.1 Å². The van der Waals surface area contributed by atoms with Crippen molar-refractivity contribution in [1.82, 2.24) is 0 Å². The first-order chi connectivity index (χ1) is 9.38. The van der Waals surface area contributed by atoms with Gasteiger partial charge in [-0.3, -0.25) is 4.79 Å². The number of anilines is 1. The minimum atomic E-state index is -4.34. The van der Waals surface area contributed by atoms with E-state index in [1.54, 1.807) is 0 Å². The molecular formula is C14H16F3NO2. The van der Waals surface area contributed by atoms with Crippen LogP contribution in [0.4, 0.5) is 18.9 Å². The van der Waals surface area contributed by atoms with Crippen LogP contribution < -0.4 is 5.32 Å². The summed E-state index contributed by atoms with van der Waals surface area (Å²) in [7, 11) is 0. The van der Waals surface area contributed by atoms with E-state index in [0.717, 1.165) is 0 Å². The van der Waals surface area contributed by atoms with Crippen molar-refractivity contribution in [2.75, 3.05) is 5.32 Å². The summed E-state index contributed by atoms with van der Waals surface area (Å²) in [6.07, 6.45) is -2.92. The van der Waals surface area contributed by atoms with E-state index in [0.29, 0.717) is 18.5 Å². The molecule has 2 rings (SSSR count). The second-order valence-electron chi connectivity index (χ2n) is 5.08. The van der Waals surface area contributed by atoms with Crippen molar-refractivity contribution in [2.45, 2.75) is 31.9 Å². The lowest BCUT2D eigenvalue weighted by molar-refractivity contribution is -0.197. The van der Waals surface area contributed by atoms with Gasteiger partial charge in [0.2, 0.25) is 5.91 Å². The van der Waals surface area contributed by atoms with Crippen LogP contribution >= 0.6 is 0 Å². The zero-order chi connectivity index (χ0) is 14.8. The third-order valence-corrected chi connectivity index (χ3v) is 3.66. The number of amides is 1. The van der Waals surface area contributed by atoms with Crippen LogP contribution in [-0.2, 0) is 4.79 Å². The highest BCUT2D eigenvalue weighted by atomic mass is 19.4. The highest BCUT2D eigenvalue weighted by molar-refractivity contribution is 5.92. The van der Waals surface area contributed by atoms with E-state index >= 15 is 0 Å². The van der Waals surface area contributed by atoms with Crippen molar-refractivity contribution in [3.63, 3.8) is 0 Å². The third kappa shape index (κ3) is 3.43. The van der Waals surface area contributed by atoms with Crippen molar-refractivity contribution in [3.8, 4) is 5.75 Å². The minimum Gasteiger partial charge on any atom is -0.508 e. The standard InChI is InChI=1S/C14H16F3NO2/c15-14(16,17)12-4-2-1-3-11(12)13(20)18-9-5-7-10(19)8-6-9/h5-8,11-12,19H,1-4H2,(H,18,20). The Balaban J connectivity index is 2.08. The summed E-state index contributed by atoms with van der Waals surface area (Å²) >= 11 is 0. The Morgan fingerprint density at radius 2 is 1.75 bits per heavy atom. The molecule has 0 saturated heterocycles. The van der Waals surface area contributed by atoms with Crippen LogP contribution in [0.15, 0.2) is 24.3 Å². The summed E-state index contributed by atoms with van der Waals surface area (Å²) < 4.78 is 38.8. The molecule has 1 aliphatic rings. The number of halogens is 3. The van der Waals surface area contributed by atoms with E-state index in [-0.39, 0.29) is 18.6 Å². The summed E-state index contributed by atoms with van der Waals surface area (Å²) in [5.41, 5.74) is 0.388. The number of aromatic hydroxyl groups is 1. The van der Waals surface area contributed by atoms with Gasteiger partial charge in [-0.2, -0.15) is 13.2 Å². The molecule has 0 heterocycles. The molecule has 1 aromatic carbocycles. The van der Waals surface area contributed by atoms with Gasteiger partial charge in [-0.15, -0.1) is 0 Å². The van der Waals surface area contributed by atoms with Crippen LogP contribution in [0.25, 0.3) is 0 Å². The van der Waals surface area contributed by atoms with Crippen LogP contribution in [0.1, 0.15) is 25.7 Å². The SMILES string of the molecule is O=C(Nc1ccc(O)cc1)C1CCCCC1C(F)(F)F. The number of hydrogen-bond donors (Lipinski definition) is 2. The molecule has 3 nitrogen and oxygen atoms in total. The summed E-state index contributed by atoms with van der Waals surface area (Å²) in [4.78, 5) is 12.0. The summed E-state index contributed by atoms with van der Waals surface area (Å²) in [5, 5.41) is 11.6. The molecule has 0 spiro atoms. The number of phenols is 1. The number of benzene rings is 1. The maximum absolute atomic E-state index is 12.9. The highest BCUT2D eigenvalue weighted by Crippen LogP contribution is 2.41. The molecule has 0 bridgehead atoms. The van der Waals surface area contributed by atoms with E-state index in [1.165, 1.54) is 24.3 Å². The Hall–Kier alpha value is -1.72. The predicted molar refractivity (Wildman–Crippen MR) is 68.2 cm³/mol. The van der Waals surface area contributed by atoms with Crippen molar-refractivity contribution in [3.05, 3.63) is 24.3 Å². The maximum atomic E-state index is 12.9. The highest BCUT2D eigenvalue weighted by Gasteiger charge is 2.47. The number of rotatable bonds is 2. The smallest absolute Gasteiger partial charge is 0.392 e. The lowest BCUT2D eigenvalue weighted by Crippen LogP contribution is -2.39. The lowest BCUT2D eigenvalue weighted by Gasteiger charge is -2.31. The van der Waals surface area contributed by atoms with Gasteiger partial charge in [-0.05, 0) is 37.1 Å². The van der Waals surface area contributed by atoms with Gasteiger partial charge < -0.3 is 10.4 Å². The monoisotopic (exact) mass is 287 g/mol. The summed E-state index contributed by atoms with van der Waals surface area (Å²) in [6.45, 7) is 0. The molecule has 1 aliphatic carbocycles. The molecule has 2 unspecified atom stereocenters. The first kappa shape index (κ1) is 14.7. The van der Waals surface area contributed by atoms with Gasteiger partial charge in [0.15, 0.2) is 0 Å². The minimum absolute atomic E-state index is 0.0111. The fourth-order valence-corrected chi connectivity index (χ4v) is 2.62. The lowest BCUT2D eigenvalue weighted by atomic mass is 9.78. The van der Waals surface area contributed by atoms with Crippen molar-refractivity contribution in [2.24, 2.45) is 11.8 Å². The molecule has 1 fully saturated rings. The molecule has 1 saturated carbocycles. The Morgan fingerprint density at radius 3 is 2.35 bits per heavy atom. The summed E-state index contributed by atoms with van der Waals surface area (Å²) in [5.74, 6) is -3.16. The normalized spacial score (nSPS) is 23.4. The second kappa shape index (κ2) is 5.73. The fourth-order valence-electron chi connectivity index (χ4n) is 2.62. The number of hydrogen-bond acceptors (Lipinski definition) is 2. The topological polar surface area (TPSA) is 49.3 Å². The largest absolute Gasteiger partial charge is 0.508 e. The molecule has 6 heteroatoms. The molecular weight excluding hydrogens is 271 g/mol. The Kier molecular flexibility index (Phi) is 4.20. The van der Waals surface area contributed by atoms with Gasteiger partial charge in [-0.25, -0.2) is 0 Å². The average Bonchev–Trinajstić information content (AvgIpc) is 2.40. The third-order valence-electron chi connectivity index (χ3n) is 3.66. The Bertz CT molecular complexity index is 470. The Morgan fingerprint density at radius 1 is 1.15 bits per heavy atom. The van der Waals surface area contributed by atoms with Crippen LogP contribution in [0.3, 0.4) is 0 Å². The Labute approximate surface area is 114 Å². The number of alkyl halides is 3. The van der Waals surface area contributed by atoms with E-state index in [4.69, 9.17) is 5.11 Å². The van der Waals surface area contributed by atoms with Gasteiger partial charge in [0.1, 0.15) is 5.75 Å². The molecule has 110 valence electrons. The van der Waals surface area contributed by atoms with Crippen LogP contribution in [0.5, 0.6) is 5.75 Å². The maximum Gasteiger partial charge on any atom is 0.392 e. The molecule has 0 radical (unpaired) electrons. The van der Waals surface area contributed by atoms with E-state index in [9.17, 15) is 18.0 Å². The summed E-state index contributed by atoms with van der Waals surface area (Å²) in [6, 6.07) is 5.66. The van der Waals surface area contributed by atoms with Gasteiger partial charge >= 0.3 is 6.18 Å². The zero-order valence-electron chi connectivity index (χ0n) is 10.8. The van der Waals surface area contributed by atoms with Crippen LogP contribution in [0, 0.1) is 11.8 Å². The van der Waals surface area contributed by atoms with Crippen LogP contribution in [0.2, 0.25) is 0 Å².